The summed E-state index contributed by atoms with van der Waals surface area (Å²) in [5.41, 5.74) is 2.36. The van der Waals surface area contributed by atoms with Gasteiger partial charge in [-0.3, -0.25) is 9.59 Å². The number of rotatable bonds is 4. The minimum Gasteiger partial charge on any atom is -0.453 e. The molecular weight excluding hydrogens is 394 g/mol. The Morgan fingerprint density at radius 1 is 1.03 bits per heavy atom. The summed E-state index contributed by atoms with van der Waals surface area (Å²) in [6.07, 6.45) is 1.53. The maximum atomic E-state index is 12.7. The fraction of sp³-hybridized carbons (Fsp3) is 0.250. The number of nitrogens with zero attached hydrogens (tertiary/aromatic N) is 3. The number of aryl methyl sites for hydroxylation is 1. The van der Waals surface area contributed by atoms with Gasteiger partial charge in [-0.15, -0.1) is 0 Å². The van der Waals surface area contributed by atoms with Gasteiger partial charge in [-0.1, -0.05) is 50.2 Å². The average Bonchev–Trinajstić information content (AvgIpc) is 2.95. The highest BCUT2D eigenvalue weighted by Gasteiger charge is 2.38. The molecule has 0 fully saturated rings. The van der Waals surface area contributed by atoms with Crippen LogP contribution in [0.25, 0.3) is 10.8 Å². The van der Waals surface area contributed by atoms with Crippen LogP contribution in [0.3, 0.4) is 0 Å². The molecule has 0 N–H and O–H groups in total. The molecule has 7 heteroatoms. The number of carbonyl (C=O) groups excluding carboxylic acids is 2. The highest BCUT2D eigenvalue weighted by atomic mass is 16.5. The van der Waals surface area contributed by atoms with Gasteiger partial charge in [0.25, 0.3) is 5.56 Å². The van der Waals surface area contributed by atoms with E-state index in [-0.39, 0.29) is 22.5 Å². The van der Waals surface area contributed by atoms with Crippen LogP contribution in [-0.2, 0) is 22.0 Å². The van der Waals surface area contributed by atoms with Gasteiger partial charge in [-0.05, 0) is 17.7 Å². The lowest BCUT2D eigenvalue weighted by atomic mass is 9.83. The quantitative estimate of drug-likeness (QED) is 0.480. The molecule has 7 nitrogen and oxygen atoms in total. The first-order chi connectivity index (χ1) is 14.7. The molecule has 3 aromatic rings. The summed E-state index contributed by atoms with van der Waals surface area (Å²) in [5.74, 6) is -1.08. The van der Waals surface area contributed by atoms with E-state index >= 15 is 0 Å². The lowest BCUT2D eigenvalue weighted by Gasteiger charge is -2.23. The standard InChI is InChI=1S/C24H23N3O4/c1-24(2)18-11-7-8-12-19(18)26(3)20(24)13-15(28)14-31-23(30)21-16-9-5-6-10-17(16)22(29)27(4)25-21/h5-13H,14H2,1-4H3/b20-13+. The van der Waals surface area contributed by atoms with E-state index in [9.17, 15) is 14.4 Å². The molecule has 0 saturated heterocycles. The fourth-order valence-electron chi connectivity index (χ4n) is 4.11. The molecule has 0 aliphatic carbocycles. The van der Waals surface area contributed by atoms with E-state index in [4.69, 9.17) is 4.74 Å². The summed E-state index contributed by atoms with van der Waals surface area (Å²) in [6, 6.07) is 14.7. The van der Waals surface area contributed by atoms with Crippen LogP contribution in [0.1, 0.15) is 29.9 Å². The van der Waals surface area contributed by atoms with Crippen molar-refractivity contribution in [2.45, 2.75) is 19.3 Å². The Labute approximate surface area is 179 Å². The van der Waals surface area contributed by atoms with Crippen molar-refractivity contribution in [3.8, 4) is 0 Å². The highest BCUT2D eigenvalue weighted by molar-refractivity contribution is 6.03. The number of ketones is 1. The number of hydrogen-bond acceptors (Lipinski definition) is 6. The summed E-state index contributed by atoms with van der Waals surface area (Å²) in [6.45, 7) is 3.70. The van der Waals surface area contributed by atoms with Crippen LogP contribution >= 0.6 is 0 Å². The molecule has 0 amide bonds. The molecule has 31 heavy (non-hydrogen) atoms. The minimum atomic E-state index is -0.749. The Hall–Kier alpha value is -3.74. The van der Waals surface area contributed by atoms with Crippen LogP contribution in [0.4, 0.5) is 5.69 Å². The van der Waals surface area contributed by atoms with Gasteiger partial charge in [-0.25, -0.2) is 9.48 Å². The van der Waals surface area contributed by atoms with Crippen LogP contribution in [0.2, 0.25) is 0 Å². The lowest BCUT2D eigenvalue weighted by molar-refractivity contribution is -0.117. The van der Waals surface area contributed by atoms with Crippen LogP contribution in [-0.4, -0.2) is 35.2 Å². The summed E-state index contributed by atoms with van der Waals surface area (Å²) in [4.78, 5) is 39.5. The van der Waals surface area contributed by atoms with Crippen LogP contribution in [0.15, 0.2) is 65.1 Å². The lowest BCUT2D eigenvalue weighted by Crippen LogP contribution is -2.26. The smallest absolute Gasteiger partial charge is 0.359 e. The van der Waals surface area contributed by atoms with Gasteiger partial charge in [-0.2, -0.15) is 5.10 Å². The van der Waals surface area contributed by atoms with Gasteiger partial charge < -0.3 is 9.64 Å². The van der Waals surface area contributed by atoms with Crippen molar-refractivity contribution in [2.75, 3.05) is 18.6 Å². The van der Waals surface area contributed by atoms with Gasteiger partial charge in [0.2, 0.25) is 0 Å². The fourth-order valence-corrected chi connectivity index (χ4v) is 4.11. The Kier molecular flexibility index (Phi) is 4.97. The second-order valence-corrected chi connectivity index (χ2v) is 8.10. The van der Waals surface area contributed by atoms with Gasteiger partial charge in [0, 0.05) is 42.4 Å². The van der Waals surface area contributed by atoms with E-state index in [0.29, 0.717) is 10.8 Å². The minimum absolute atomic E-state index is 0.00359. The number of benzene rings is 2. The molecule has 1 aliphatic rings. The summed E-state index contributed by atoms with van der Waals surface area (Å²) in [5, 5.41) is 4.80. The zero-order valence-corrected chi connectivity index (χ0v) is 17.9. The third-order valence-electron chi connectivity index (χ3n) is 5.73. The van der Waals surface area contributed by atoms with Gasteiger partial charge in [0.05, 0.1) is 5.39 Å². The van der Waals surface area contributed by atoms with E-state index in [0.717, 1.165) is 21.6 Å². The first-order valence-electron chi connectivity index (χ1n) is 9.93. The number of likely N-dealkylation sites (N-methyl/N-ethyl adjacent to an activating group) is 1. The zero-order chi connectivity index (χ0) is 22.3. The first-order valence-corrected chi connectivity index (χ1v) is 9.93. The molecule has 0 radical (unpaired) electrons. The van der Waals surface area contributed by atoms with Crippen molar-refractivity contribution in [1.82, 2.24) is 9.78 Å². The molecule has 0 bridgehead atoms. The molecule has 0 spiro atoms. The predicted molar refractivity (Wildman–Crippen MR) is 118 cm³/mol. The number of ether oxygens (including phenoxy) is 1. The molecule has 2 aromatic carbocycles. The number of para-hydroxylation sites is 1. The van der Waals surface area contributed by atoms with E-state index in [1.54, 1.807) is 24.3 Å². The molecule has 0 unspecified atom stereocenters. The van der Waals surface area contributed by atoms with E-state index < -0.39 is 12.6 Å². The first kappa shape index (κ1) is 20.5. The number of carbonyl (C=O) groups is 2. The maximum Gasteiger partial charge on any atom is 0.359 e. The third-order valence-corrected chi connectivity index (χ3v) is 5.73. The summed E-state index contributed by atoms with van der Waals surface area (Å²) < 4.78 is 6.35. The average molecular weight is 417 g/mol. The molecule has 1 aromatic heterocycles. The van der Waals surface area contributed by atoms with E-state index in [1.165, 1.54) is 13.1 Å². The van der Waals surface area contributed by atoms with Gasteiger partial charge >= 0.3 is 5.97 Å². The van der Waals surface area contributed by atoms with Crippen molar-refractivity contribution >= 4 is 28.2 Å². The number of esters is 1. The van der Waals surface area contributed by atoms with Crippen LogP contribution in [0, 0.1) is 0 Å². The Bertz CT molecular complexity index is 1300. The second kappa shape index (κ2) is 7.50. The largest absolute Gasteiger partial charge is 0.453 e. The Balaban J connectivity index is 1.55. The number of allylic oxidation sites excluding steroid dienone is 1. The molecule has 4 rings (SSSR count). The monoisotopic (exact) mass is 417 g/mol. The molecular formula is C24H23N3O4. The highest BCUT2D eigenvalue weighted by Crippen LogP contribution is 2.46. The van der Waals surface area contributed by atoms with Crippen LogP contribution in [0.5, 0.6) is 0 Å². The number of aromatic nitrogens is 2. The van der Waals surface area contributed by atoms with E-state index in [2.05, 4.69) is 18.9 Å². The number of anilines is 1. The Morgan fingerprint density at radius 3 is 2.39 bits per heavy atom. The van der Waals surface area contributed by atoms with Crippen molar-refractivity contribution in [3.63, 3.8) is 0 Å². The summed E-state index contributed by atoms with van der Waals surface area (Å²) in [7, 11) is 3.38. The van der Waals surface area contributed by atoms with Crippen molar-refractivity contribution in [1.29, 1.82) is 0 Å². The Morgan fingerprint density at radius 2 is 1.68 bits per heavy atom. The third kappa shape index (κ3) is 3.42. The summed E-state index contributed by atoms with van der Waals surface area (Å²) >= 11 is 0. The molecule has 158 valence electrons. The number of fused-ring (bicyclic) bond motifs is 2. The van der Waals surface area contributed by atoms with E-state index in [1.807, 2.05) is 36.2 Å². The normalized spacial score (nSPS) is 15.9. The second-order valence-electron chi connectivity index (χ2n) is 8.10. The number of hydrogen-bond donors (Lipinski definition) is 0. The predicted octanol–water partition coefficient (Wildman–Crippen LogP) is 2.97. The van der Waals surface area contributed by atoms with Crippen LogP contribution < -0.4 is 10.5 Å². The van der Waals surface area contributed by atoms with Gasteiger partial charge in [0.1, 0.15) is 0 Å². The SMILES string of the molecule is CN1/C(=C/C(=O)COC(=O)c2nn(C)c(=O)c3ccccc23)C(C)(C)c2ccccc21. The zero-order valence-electron chi connectivity index (χ0n) is 17.9. The molecule has 1 aliphatic heterocycles. The molecule has 0 saturated carbocycles. The molecule has 0 atom stereocenters. The van der Waals surface area contributed by atoms with Gasteiger partial charge in [0.15, 0.2) is 18.1 Å². The van der Waals surface area contributed by atoms with Crippen molar-refractivity contribution in [3.05, 3.63) is 81.9 Å². The van der Waals surface area contributed by atoms with Crippen molar-refractivity contribution in [2.24, 2.45) is 7.05 Å². The maximum absolute atomic E-state index is 12.7. The molecule has 2 heterocycles. The topological polar surface area (TPSA) is 81.5 Å². The van der Waals surface area contributed by atoms with Crippen molar-refractivity contribution < 1.29 is 14.3 Å².